The van der Waals surface area contributed by atoms with E-state index in [4.69, 9.17) is 21.4 Å². The SMILES string of the molecule is Cc1cc(OCC(=O)NCC2(C(=O)O)CCC2)ccc1Cl. The topological polar surface area (TPSA) is 75.6 Å². The van der Waals surface area contributed by atoms with E-state index in [1.54, 1.807) is 18.2 Å². The van der Waals surface area contributed by atoms with Crippen molar-refractivity contribution in [3.05, 3.63) is 28.8 Å². The largest absolute Gasteiger partial charge is 0.484 e. The summed E-state index contributed by atoms with van der Waals surface area (Å²) in [4.78, 5) is 22.9. The van der Waals surface area contributed by atoms with Gasteiger partial charge in [-0.05, 0) is 43.5 Å². The molecule has 0 spiro atoms. The third-order valence-corrected chi connectivity index (χ3v) is 4.31. The van der Waals surface area contributed by atoms with E-state index < -0.39 is 11.4 Å². The summed E-state index contributed by atoms with van der Waals surface area (Å²) >= 11 is 5.90. The number of hydrogen-bond donors (Lipinski definition) is 2. The van der Waals surface area contributed by atoms with Crippen molar-refractivity contribution >= 4 is 23.5 Å². The Bertz CT molecular complexity index is 555. The summed E-state index contributed by atoms with van der Waals surface area (Å²) in [5.74, 6) is -0.609. The van der Waals surface area contributed by atoms with Gasteiger partial charge in [0, 0.05) is 11.6 Å². The first-order valence-electron chi connectivity index (χ1n) is 6.82. The lowest BCUT2D eigenvalue weighted by atomic mass is 9.69. The van der Waals surface area contributed by atoms with E-state index in [9.17, 15) is 9.59 Å². The lowest BCUT2D eigenvalue weighted by molar-refractivity contribution is -0.154. The molecule has 0 heterocycles. The first kappa shape index (κ1) is 15.6. The molecule has 0 aliphatic heterocycles. The number of carbonyl (C=O) groups excluding carboxylic acids is 1. The van der Waals surface area contributed by atoms with Gasteiger partial charge in [0.1, 0.15) is 5.75 Å². The fourth-order valence-corrected chi connectivity index (χ4v) is 2.36. The smallest absolute Gasteiger partial charge is 0.311 e. The quantitative estimate of drug-likeness (QED) is 0.846. The number of carbonyl (C=O) groups is 2. The average Bonchev–Trinajstić information content (AvgIpc) is 2.38. The third-order valence-electron chi connectivity index (χ3n) is 3.89. The number of halogens is 1. The minimum atomic E-state index is -0.844. The number of benzene rings is 1. The lowest BCUT2D eigenvalue weighted by Gasteiger charge is -2.37. The predicted octanol–water partition coefficient (Wildman–Crippen LogP) is 2.40. The standard InChI is InChI=1S/C15H18ClNO4/c1-10-7-11(3-4-12(10)16)21-8-13(18)17-9-15(14(19)20)5-2-6-15/h3-4,7H,2,5-6,8-9H2,1H3,(H,17,18)(H,19,20). The Kier molecular flexibility index (Phi) is 4.73. The number of hydrogen-bond acceptors (Lipinski definition) is 3. The van der Waals surface area contributed by atoms with Crippen molar-refractivity contribution in [2.45, 2.75) is 26.2 Å². The number of aryl methyl sites for hydroxylation is 1. The van der Waals surface area contributed by atoms with Crippen LogP contribution in [0.25, 0.3) is 0 Å². The van der Waals surface area contributed by atoms with E-state index in [1.807, 2.05) is 6.92 Å². The molecular formula is C15H18ClNO4. The molecule has 0 bridgehead atoms. The highest BCUT2D eigenvalue weighted by Crippen LogP contribution is 2.40. The highest BCUT2D eigenvalue weighted by molar-refractivity contribution is 6.31. The van der Waals surface area contributed by atoms with Crippen molar-refractivity contribution < 1.29 is 19.4 Å². The van der Waals surface area contributed by atoms with Crippen molar-refractivity contribution in [3.63, 3.8) is 0 Å². The van der Waals surface area contributed by atoms with E-state index >= 15 is 0 Å². The van der Waals surface area contributed by atoms with Crippen LogP contribution in [0.4, 0.5) is 0 Å². The van der Waals surface area contributed by atoms with Crippen molar-refractivity contribution in [1.82, 2.24) is 5.32 Å². The molecule has 0 radical (unpaired) electrons. The zero-order valence-electron chi connectivity index (χ0n) is 11.8. The number of amides is 1. The van der Waals surface area contributed by atoms with Crippen LogP contribution in [0.15, 0.2) is 18.2 Å². The molecule has 2 rings (SSSR count). The highest BCUT2D eigenvalue weighted by atomic mass is 35.5. The second-order valence-corrected chi connectivity index (χ2v) is 5.82. The zero-order chi connectivity index (χ0) is 15.5. The molecular weight excluding hydrogens is 294 g/mol. The minimum absolute atomic E-state index is 0.142. The van der Waals surface area contributed by atoms with Crippen LogP contribution in [0.3, 0.4) is 0 Å². The molecule has 0 atom stereocenters. The Morgan fingerprint density at radius 2 is 2.14 bits per heavy atom. The van der Waals surface area contributed by atoms with Gasteiger partial charge in [0.05, 0.1) is 5.41 Å². The van der Waals surface area contributed by atoms with E-state index in [1.165, 1.54) is 0 Å². The predicted molar refractivity (Wildman–Crippen MR) is 78.6 cm³/mol. The normalized spacial score (nSPS) is 15.9. The molecule has 1 saturated carbocycles. The van der Waals surface area contributed by atoms with Gasteiger partial charge >= 0.3 is 5.97 Å². The summed E-state index contributed by atoms with van der Waals surface area (Å²) in [7, 11) is 0. The van der Waals surface area contributed by atoms with Crippen molar-refractivity contribution in [3.8, 4) is 5.75 Å². The first-order chi connectivity index (χ1) is 9.93. The minimum Gasteiger partial charge on any atom is -0.484 e. The molecule has 1 aliphatic carbocycles. The first-order valence-corrected chi connectivity index (χ1v) is 7.20. The number of carboxylic acid groups (broad SMARTS) is 1. The zero-order valence-corrected chi connectivity index (χ0v) is 12.6. The van der Waals surface area contributed by atoms with Gasteiger partial charge in [0.15, 0.2) is 6.61 Å². The second-order valence-electron chi connectivity index (χ2n) is 5.42. The molecule has 5 nitrogen and oxygen atoms in total. The van der Waals surface area contributed by atoms with Gasteiger partial charge in [0.25, 0.3) is 5.91 Å². The Morgan fingerprint density at radius 1 is 1.43 bits per heavy atom. The third kappa shape index (κ3) is 3.67. The molecule has 2 N–H and O–H groups in total. The Morgan fingerprint density at radius 3 is 2.67 bits per heavy atom. The van der Waals surface area contributed by atoms with Crippen LogP contribution in [0.2, 0.25) is 5.02 Å². The van der Waals surface area contributed by atoms with Gasteiger partial charge in [-0.25, -0.2) is 0 Å². The number of rotatable bonds is 6. The molecule has 1 aliphatic rings. The fourth-order valence-electron chi connectivity index (χ4n) is 2.24. The number of carboxylic acids is 1. The van der Waals surface area contributed by atoms with Crippen LogP contribution in [0.5, 0.6) is 5.75 Å². The van der Waals surface area contributed by atoms with Crippen LogP contribution in [-0.4, -0.2) is 30.1 Å². The molecule has 21 heavy (non-hydrogen) atoms. The molecule has 0 saturated heterocycles. The second kappa shape index (κ2) is 6.35. The van der Waals surface area contributed by atoms with Gasteiger partial charge in [-0.15, -0.1) is 0 Å². The number of aliphatic carboxylic acids is 1. The van der Waals surface area contributed by atoms with Gasteiger partial charge in [-0.2, -0.15) is 0 Å². The summed E-state index contributed by atoms with van der Waals surface area (Å²) in [5.41, 5.74) is 0.0841. The Labute approximate surface area is 128 Å². The average molecular weight is 312 g/mol. The Hall–Kier alpha value is -1.75. The number of ether oxygens (including phenoxy) is 1. The maximum Gasteiger partial charge on any atom is 0.311 e. The fraction of sp³-hybridized carbons (Fsp3) is 0.467. The maximum atomic E-state index is 11.7. The molecule has 0 unspecified atom stereocenters. The molecule has 114 valence electrons. The van der Waals surface area contributed by atoms with Crippen molar-refractivity contribution in [2.24, 2.45) is 5.41 Å². The monoisotopic (exact) mass is 311 g/mol. The summed E-state index contributed by atoms with van der Waals surface area (Å²) in [6.07, 6.45) is 2.11. The number of nitrogens with one attached hydrogen (secondary N) is 1. The maximum absolute atomic E-state index is 11.7. The van der Waals surface area contributed by atoms with Gasteiger partial charge in [-0.3, -0.25) is 9.59 Å². The van der Waals surface area contributed by atoms with Crippen molar-refractivity contribution in [2.75, 3.05) is 13.2 Å². The van der Waals surface area contributed by atoms with E-state index in [0.29, 0.717) is 23.6 Å². The molecule has 0 aromatic heterocycles. The summed E-state index contributed by atoms with van der Waals surface area (Å²) in [6, 6.07) is 5.14. The molecule has 6 heteroatoms. The lowest BCUT2D eigenvalue weighted by Crippen LogP contribution is -2.48. The van der Waals surface area contributed by atoms with E-state index in [2.05, 4.69) is 5.32 Å². The van der Waals surface area contributed by atoms with Crippen molar-refractivity contribution in [1.29, 1.82) is 0 Å². The van der Waals surface area contributed by atoms with Crippen LogP contribution < -0.4 is 10.1 Å². The molecule has 1 aromatic rings. The van der Waals surface area contributed by atoms with E-state index in [-0.39, 0.29) is 19.1 Å². The highest BCUT2D eigenvalue weighted by Gasteiger charge is 2.44. The van der Waals surface area contributed by atoms with Crippen LogP contribution in [0, 0.1) is 12.3 Å². The summed E-state index contributed by atoms with van der Waals surface area (Å²) in [5, 5.41) is 12.4. The van der Waals surface area contributed by atoms with Crippen LogP contribution >= 0.6 is 11.6 Å². The summed E-state index contributed by atoms with van der Waals surface area (Å²) in [6.45, 7) is 1.86. The summed E-state index contributed by atoms with van der Waals surface area (Å²) < 4.78 is 5.36. The van der Waals surface area contributed by atoms with Crippen LogP contribution in [-0.2, 0) is 9.59 Å². The van der Waals surface area contributed by atoms with E-state index in [0.717, 1.165) is 12.0 Å². The van der Waals surface area contributed by atoms with Crippen LogP contribution in [0.1, 0.15) is 24.8 Å². The van der Waals surface area contributed by atoms with Gasteiger partial charge in [-0.1, -0.05) is 18.0 Å². The molecule has 1 amide bonds. The van der Waals surface area contributed by atoms with Gasteiger partial charge in [0.2, 0.25) is 0 Å². The van der Waals surface area contributed by atoms with Gasteiger partial charge < -0.3 is 15.2 Å². The molecule has 1 fully saturated rings. The molecule has 1 aromatic carbocycles. The Balaban J connectivity index is 1.79.